The second-order valence-corrected chi connectivity index (χ2v) is 5.69. The number of hydrogen-bond donors (Lipinski definition) is 1. The highest BCUT2D eigenvalue weighted by molar-refractivity contribution is 5.34. The van der Waals surface area contributed by atoms with Crippen LogP contribution >= 0.6 is 0 Å². The molecule has 22 heavy (non-hydrogen) atoms. The van der Waals surface area contributed by atoms with Gasteiger partial charge in [0, 0.05) is 18.2 Å². The third kappa shape index (κ3) is 4.01. The van der Waals surface area contributed by atoms with E-state index in [0.29, 0.717) is 5.92 Å². The van der Waals surface area contributed by atoms with Gasteiger partial charge in [-0.05, 0) is 29.7 Å². The maximum atomic E-state index is 5.42. The summed E-state index contributed by atoms with van der Waals surface area (Å²) in [6.45, 7) is 5.23. The molecule has 2 rings (SSSR count). The zero-order chi connectivity index (χ0) is 15.9. The van der Waals surface area contributed by atoms with Crippen LogP contribution in [0.3, 0.4) is 0 Å². The molecule has 0 spiro atoms. The quantitative estimate of drug-likeness (QED) is 0.831. The van der Waals surface area contributed by atoms with Gasteiger partial charge < -0.3 is 14.8 Å². The molecular weight excluding hydrogens is 274 g/mol. The summed E-state index contributed by atoms with van der Waals surface area (Å²) in [5.74, 6) is 2.30. The van der Waals surface area contributed by atoms with Crippen LogP contribution in [-0.2, 0) is 6.54 Å². The Morgan fingerprint density at radius 2 is 1.59 bits per heavy atom. The molecule has 0 bridgehead atoms. The highest BCUT2D eigenvalue weighted by atomic mass is 16.5. The zero-order valence-corrected chi connectivity index (χ0v) is 13.8. The average Bonchev–Trinajstić information content (AvgIpc) is 2.55. The van der Waals surface area contributed by atoms with Crippen LogP contribution in [0.15, 0.2) is 48.5 Å². The van der Waals surface area contributed by atoms with Gasteiger partial charge in [0.25, 0.3) is 0 Å². The average molecular weight is 299 g/mol. The van der Waals surface area contributed by atoms with E-state index < -0.39 is 0 Å². The van der Waals surface area contributed by atoms with E-state index in [2.05, 4.69) is 37.4 Å². The van der Waals surface area contributed by atoms with Gasteiger partial charge >= 0.3 is 0 Å². The largest absolute Gasteiger partial charge is 0.497 e. The Labute approximate surface area is 133 Å². The van der Waals surface area contributed by atoms with Crippen molar-refractivity contribution in [3.8, 4) is 11.5 Å². The van der Waals surface area contributed by atoms with E-state index >= 15 is 0 Å². The van der Waals surface area contributed by atoms with Gasteiger partial charge in [-0.3, -0.25) is 0 Å². The van der Waals surface area contributed by atoms with Gasteiger partial charge in [-0.25, -0.2) is 0 Å². The van der Waals surface area contributed by atoms with Crippen molar-refractivity contribution in [2.24, 2.45) is 5.92 Å². The number of para-hydroxylation sites is 1. The van der Waals surface area contributed by atoms with Crippen LogP contribution in [0.1, 0.15) is 31.0 Å². The van der Waals surface area contributed by atoms with E-state index in [4.69, 9.17) is 9.47 Å². The molecule has 2 aromatic rings. The van der Waals surface area contributed by atoms with E-state index in [-0.39, 0.29) is 6.04 Å². The zero-order valence-electron chi connectivity index (χ0n) is 13.8. The Bertz CT molecular complexity index is 578. The lowest BCUT2D eigenvalue weighted by Crippen LogP contribution is -2.25. The van der Waals surface area contributed by atoms with Crippen molar-refractivity contribution in [3.05, 3.63) is 59.7 Å². The summed E-state index contributed by atoms with van der Waals surface area (Å²) in [5, 5.41) is 3.64. The summed E-state index contributed by atoms with van der Waals surface area (Å²) < 4.78 is 10.6. The Morgan fingerprint density at radius 1 is 0.909 bits per heavy atom. The summed E-state index contributed by atoms with van der Waals surface area (Å²) in [4.78, 5) is 0. The fourth-order valence-electron chi connectivity index (χ4n) is 2.62. The molecule has 1 N–H and O–H groups in total. The fourth-order valence-corrected chi connectivity index (χ4v) is 2.62. The number of methoxy groups -OCH3 is 2. The minimum atomic E-state index is 0.288. The first-order chi connectivity index (χ1) is 10.7. The summed E-state index contributed by atoms with van der Waals surface area (Å²) in [6, 6.07) is 16.7. The van der Waals surface area contributed by atoms with E-state index in [1.165, 1.54) is 11.1 Å². The van der Waals surface area contributed by atoms with Crippen molar-refractivity contribution < 1.29 is 9.47 Å². The van der Waals surface area contributed by atoms with Gasteiger partial charge in [-0.15, -0.1) is 0 Å². The summed E-state index contributed by atoms with van der Waals surface area (Å²) in [6.07, 6.45) is 0. The van der Waals surface area contributed by atoms with Crippen LogP contribution in [-0.4, -0.2) is 14.2 Å². The van der Waals surface area contributed by atoms with Gasteiger partial charge in [-0.2, -0.15) is 0 Å². The monoisotopic (exact) mass is 299 g/mol. The maximum Gasteiger partial charge on any atom is 0.123 e. The van der Waals surface area contributed by atoms with E-state index in [1.54, 1.807) is 14.2 Å². The predicted octanol–water partition coefficient (Wildman–Crippen LogP) is 4.19. The molecule has 0 radical (unpaired) electrons. The van der Waals surface area contributed by atoms with Crippen LogP contribution in [0, 0.1) is 5.92 Å². The Hall–Kier alpha value is -2.00. The molecule has 0 aromatic heterocycles. The molecule has 0 amide bonds. The molecule has 0 saturated heterocycles. The van der Waals surface area contributed by atoms with Gasteiger partial charge in [0.2, 0.25) is 0 Å². The molecule has 0 heterocycles. The van der Waals surface area contributed by atoms with E-state index in [1.807, 2.05) is 30.3 Å². The molecule has 0 saturated carbocycles. The lowest BCUT2D eigenvalue weighted by Gasteiger charge is -2.24. The molecule has 0 aliphatic carbocycles. The minimum Gasteiger partial charge on any atom is -0.497 e. The first kappa shape index (κ1) is 16.4. The number of hydrogen-bond acceptors (Lipinski definition) is 3. The first-order valence-corrected chi connectivity index (χ1v) is 7.65. The number of nitrogens with one attached hydrogen (secondary N) is 1. The standard InChI is InChI=1S/C19H25NO2/c1-14(2)19(15-9-11-17(21-3)12-10-15)20-13-16-7-5-6-8-18(16)22-4/h5-12,14,19-20H,13H2,1-4H3. The van der Waals surface area contributed by atoms with Crippen LogP contribution < -0.4 is 14.8 Å². The van der Waals surface area contributed by atoms with Crippen LogP contribution in [0.2, 0.25) is 0 Å². The molecule has 0 aliphatic rings. The van der Waals surface area contributed by atoms with Crippen LogP contribution in [0.4, 0.5) is 0 Å². The molecule has 2 aromatic carbocycles. The lowest BCUT2D eigenvalue weighted by molar-refractivity contribution is 0.387. The van der Waals surface area contributed by atoms with Crippen molar-refractivity contribution in [2.75, 3.05) is 14.2 Å². The minimum absolute atomic E-state index is 0.288. The predicted molar refractivity (Wildman–Crippen MR) is 90.4 cm³/mol. The third-order valence-corrected chi connectivity index (χ3v) is 3.85. The Kier molecular flexibility index (Phi) is 5.84. The van der Waals surface area contributed by atoms with E-state index in [9.17, 15) is 0 Å². The van der Waals surface area contributed by atoms with Gasteiger partial charge in [-0.1, -0.05) is 44.2 Å². The summed E-state index contributed by atoms with van der Waals surface area (Å²) >= 11 is 0. The second kappa shape index (κ2) is 7.85. The molecular formula is C19H25NO2. The van der Waals surface area contributed by atoms with Crippen LogP contribution in [0.5, 0.6) is 11.5 Å². The highest BCUT2D eigenvalue weighted by Crippen LogP contribution is 2.25. The summed E-state index contributed by atoms with van der Waals surface area (Å²) in [5.41, 5.74) is 2.44. The van der Waals surface area contributed by atoms with Crippen LogP contribution in [0.25, 0.3) is 0 Å². The third-order valence-electron chi connectivity index (χ3n) is 3.85. The molecule has 1 unspecified atom stereocenters. The molecule has 3 heteroatoms. The fraction of sp³-hybridized carbons (Fsp3) is 0.368. The van der Waals surface area contributed by atoms with Crippen molar-refractivity contribution in [1.82, 2.24) is 5.32 Å². The molecule has 118 valence electrons. The molecule has 3 nitrogen and oxygen atoms in total. The Morgan fingerprint density at radius 3 is 2.18 bits per heavy atom. The van der Waals surface area contributed by atoms with Gasteiger partial charge in [0.1, 0.15) is 11.5 Å². The van der Waals surface area contributed by atoms with Crippen molar-refractivity contribution >= 4 is 0 Å². The van der Waals surface area contributed by atoms with Crippen molar-refractivity contribution in [1.29, 1.82) is 0 Å². The van der Waals surface area contributed by atoms with E-state index in [0.717, 1.165) is 18.0 Å². The molecule has 1 atom stereocenters. The van der Waals surface area contributed by atoms with Crippen molar-refractivity contribution in [2.45, 2.75) is 26.4 Å². The second-order valence-electron chi connectivity index (χ2n) is 5.69. The first-order valence-electron chi connectivity index (χ1n) is 7.65. The smallest absolute Gasteiger partial charge is 0.123 e. The molecule has 0 fully saturated rings. The van der Waals surface area contributed by atoms with Gasteiger partial charge in [0.15, 0.2) is 0 Å². The maximum absolute atomic E-state index is 5.42. The topological polar surface area (TPSA) is 30.5 Å². The van der Waals surface area contributed by atoms with Gasteiger partial charge in [0.05, 0.1) is 14.2 Å². The Balaban J connectivity index is 2.11. The normalized spacial score (nSPS) is 12.2. The lowest BCUT2D eigenvalue weighted by atomic mass is 9.95. The van der Waals surface area contributed by atoms with Crippen molar-refractivity contribution in [3.63, 3.8) is 0 Å². The summed E-state index contributed by atoms with van der Waals surface area (Å²) in [7, 11) is 3.40. The highest BCUT2D eigenvalue weighted by Gasteiger charge is 2.16. The molecule has 0 aliphatic heterocycles. The number of ether oxygens (including phenoxy) is 2. The number of rotatable bonds is 7. The number of benzene rings is 2. The SMILES string of the molecule is COc1ccc(C(NCc2ccccc2OC)C(C)C)cc1.